The van der Waals surface area contributed by atoms with Crippen LogP contribution in [-0.4, -0.2) is 43.3 Å². The molecule has 3 rings (SSSR count). The van der Waals surface area contributed by atoms with Crippen molar-refractivity contribution in [2.75, 3.05) is 10.8 Å². The fraction of sp³-hybridized carbons (Fsp3) is 0.333. The van der Waals surface area contributed by atoms with Gasteiger partial charge in [-0.05, 0) is 89.1 Å². The van der Waals surface area contributed by atoms with E-state index in [9.17, 15) is 18.0 Å². The lowest BCUT2D eigenvalue weighted by molar-refractivity contribution is -0.140. The van der Waals surface area contributed by atoms with E-state index in [-0.39, 0.29) is 17.3 Å². The molecule has 208 valence electrons. The Bertz CT molecular complexity index is 1420. The minimum Gasteiger partial charge on any atom is -0.350 e. The number of rotatable bonds is 9. The molecule has 1 N–H and O–H groups in total. The molecular weight excluding hydrogens is 578 g/mol. The third-order valence-electron chi connectivity index (χ3n) is 6.11. The second-order valence-corrected chi connectivity index (χ2v) is 13.5. The fourth-order valence-corrected chi connectivity index (χ4v) is 5.66. The Morgan fingerprint density at radius 1 is 0.923 bits per heavy atom. The highest BCUT2D eigenvalue weighted by atomic mass is 79.9. The Morgan fingerprint density at radius 2 is 1.54 bits per heavy atom. The molecule has 0 saturated heterocycles. The topological polar surface area (TPSA) is 86.8 Å². The van der Waals surface area contributed by atoms with Crippen LogP contribution in [0.3, 0.4) is 0 Å². The molecule has 0 radical (unpaired) electrons. The van der Waals surface area contributed by atoms with Crippen LogP contribution in [0.1, 0.15) is 44.4 Å². The standard InChI is InChI=1S/C30H36BrN3O4S/c1-21-10-16-27(17-11-21)39(37,38)34(26-9-7-8-22(2)18-26)20-28(35)33(19-24-12-14-25(31)15-13-24)23(3)29(36)32-30(4,5)6/h7-18,23H,19-20H2,1-6H3,(H,32,36). The van der Waals surface area contributed by atoms with Crippen molar-refractivity contribution in [2.45, 2.75) is 64.6 Å². The average molecular weight is 615 g/mol. The van der Waals surface area contributed by atoms with Gasteiger partial charge in [0.05, 0.1) is 10.6 Å². The van der Waals surface area contributed by atoms with Crippen LogP contribution in [0, 0.1) is 13.8 Å². The van der Waals surface area contributed by atoms with E-state index in [0.29, 0.717) is 5.69 Å². The Kier molecular flexibility index (Phi) is 9.61. The number of sulfonamides is 1. The Labute approximate surface area is 240 Å². The number of hydrogen-bond donors (Lipinski definition) is 1. The lowest BCUT2D eigenvalue weighted by Crippen LogP contribution is -2.54. The van der Waals surface area contributed by atoms with Crippen LogP contribution in [0.25, 0.3) is 0 Å². The van der Waals surface area contributed by atoms with Gasteiger partial charge in [0.1, 0.15) is 12.6 Å². The number of amides is 2. The highest BCUT2D eigenvalue weighted by Gasteiger charge is 2.33. The van der Waals surface area contributed by atoms with E-state index in [0.717, 1.165) is 25.5 Å². The summed E-state index contributed by atoms with van der Waals surface area (Å²) in [7, 11) is -4.09. The zero-order chi connectivity index (χ0) is 29.0. The van der Waals surface area contributed by atoms with Crippen LogP contribution >= 0.6 is 15.9 Å². The molecule has 0 aliphatic carbocycles. The molecule has 0 saturated carbocycles. The number of nitrogens with one attached hydrogen (secondary N) is 1. The summed E-state index contributed by atoms with van der Waals surface area (Å²) < 4.78 is 29.8. The summed E-state index contributed by atoms with van der Waals surface area (Å²) in [6.07, 6.45) is 0. The van der Waals surface area contributed by atoms with Gasteiger partial charge >= 0.3 is 0 Å². The molecule has 9 heteroatoms. The van der Waals surface area contributed by atoms with Gasteiger partial charge in [0.15, 0.2) is 0 Å². The van der Waals surface area contributed by atoms with Crippen LogP contribution in [0.4, 0.5) is 5.69 Å². The summed E-state index contributed by atoms with van der Waals surface area (Å²) >= 11 is 3.42. The predicted octanol–water partition coefficient (Wildman–Crippen LogP) is 5.59. The quantitative estimate of drug-likeness (QED) is 0.341. The SMILES string of the molecule is Cc1ccc(S(=O)(=O)N(CC(=O)N(Cc2ccc(Br)cc2)C(C)C(=O)NC(C)(C)C)c2cccc(C)c2)cc1. The van der Waals surface area contributed by atoms with Crippen molar-refractivity contribution in [2.24, 2.45) is 0 Å². The number of carbonyl (C=O) groups is 2. The molecule has 0 fully saturated rings. The first-order valence-electron chi connectivity index (χ1n) is 12.7. The average Bonchev–Trinajstić information content (AvgIpc) is 2.85. The smallest absolute Gasteiger partial charge is 0.264 e. The number of nitrogens with zero attached hydrogens (tertiary/aromatic N) is 2. The Hall–Kier alpha value is -3.17. The van der Waals surface area contributed by atoms with E-state index in [1.54, 1.807) is 37.3 Å². The zero-order valence-corrected chi connectivity index (χ0v) is 25.6. The van der Waals surface area contributed by atoms with Crippen molar-refractivity contribution >= 4 is 43.5 Å². The van der Waals surface area contributed by atoms with Crippen molar-refractivity contribution in [3.8, 4) is 0 Å². The van der Waals surface area contributed by atoms with Crippen LogP contribution < -0.4 is 9.62 Å². The molecule has 3 aromatic rings. The highest BCUT2D eigenvalue weighted by molar-refractivity contribution is 9.10. The third kappa shape index (κ3) is 8.16. The van der Waals surface area contributed by atoms with E-state index in [1.165, 1.54) is 17.0 Å². The van der Waals surface area contributed by atoms with Gasteiger partial charge in [-0.25, -0.2) is 8.42 Å². The first-order chi connectivity index (χ1) is 18.2. The molecule has 39 heavy (non-hydrogen) atoms. The van der Waals surface area contributed by atoms with Crippen molar-refractivity contribution < 1.29 is 18.0 Å². The lowest BCUT2D eigenvalue weighted by atomic mass is 10.1. The van der Waals surface area contributed by atoms with Gasteiger partial charge in [-0.2, -0.15) is 0 Å². The molecule has 7 nitrogen and oxygen atoms in total. The number of halogens is 1. The predicted molar refractivity (Wildman–Crippen MR) is 159 cm³/mol. The van der Waals surface area contributed by atoms with Crippen LogP contribution in [0.5, 0.6) is 0 Å². The summed E-state index contributed by atoms with van der Waals surface area (Å²) in [5.74, 6) is -0.817. The summed E-state index contributed by atoms with van der Waals surface area (Å²) in [6, 6.07) is 20.1. The number of anilines is 1. The molecule has 0 heterocycles. The maximum Gasteiger partial charge on any atom is 0.264 e. The third-order valence-corrected chi connectivity index (χ3v) is 8.43. The molecule has 1 atom stereocenters. The Balaban J connectivity index is 2.03. The molecular formula is C30H36BrN3O4S. The number of aryl methyl sites for hydroxylation is 2. The van der Waals surface area contributed by atoms with Crippen LogP contribution in [0.15, 0.2) is 82.2 Å². The van der Waals surface area contributed by atoms with Gasteiger partial charge in [0.2, 0.25) is 11.8 Å². The summed E-state index contributed by atoms with van der Waals surface area (Å²) in [4.78, 5) is 28.6. The van der Waals surface area contributed by atoms with Gasteiger partial charge in [-0.15, -0.1) is 0 Å². The first-order valence-corrected chi connectivity index (χ1v) is 14.9. The van der Waals surface area contributed by atoms with E-state index in [4.69, 9.17) is 0 Å². The van der Waals surface area contributed by atoms with Gasteiger partial charge in [-0.1, -0.05) is 57.9 Å². The van der Waals surface area contributed by atoms with Crippen molar-refractivity contribution in [1.29, 1.82) is 0 Å². The molecule has 0 spiro atoms. The van der Waals surface area contributed by atoms with Gasteiger partial charge < -0.3 is 10.2 Å². The maximum absolute atomic E-state index is 14.0. The zero-order valence-electron chi connectivity index (χ0n) is 23.2. The molecule has 0 bridgehead atoms. The molecule has 0 aliphatic rings. The van der Waals surface area contributed by atoms with E-state index in [1.807, 2.05) is 65.0 Å². The second-order valence-electron chi connectivity index (χ2n) is 10.7. The second kappa shape index (κ2) is 12.3. The highest BCUT2D eigenvalue weighted by Crippen LogP contribution is 2.26. The summed E-state index contributed by atoms with van der Waals surface area (Å²) in [5, 5.41) is 2.93. The Morgan fingerprint density at radius 3 is 2.10 bits per heavy atom. The van der Waals surface area contributed by atoms with Crippen LogP contribution in [0.2, 0.25) is 0 Å². The molecule has 0 aliphatic heterocycles. The molecule has 1 unspecified atom stereocenters. The normalized spacial score (nSPS) is 12.5. The fourth-order valence-electron chi connectivity index (χ4n) is 3.99. The summed E-state index contributed by atoms with van der Waals surface area (Å²) in [5.41, 5.74) is 2.46. The number of carbonyl (C=O) groups excluding carboxylic acids is 2. The maximum atomic E-state index is 14.0. The molecule has 0 aromatic heterocycles. The van der Waals surface area contributed by atoms with Gasteiger partial charge in [0.25, 0.3) is 10.0 Å². The molecule has 3 aromatic carbocycles. The first kappa shape index (κ1) is 30.4. The minimum atomic E-state index is -4.09. The van der Waals surface area contributed by atoms with E-state index < -0.39 is 34.1 Å². The largest absolute Gasteiger partial charge is 0.350 e. The van der Waals surface area contributed by atoms with Crippen molar-refractivity contribution in [3.63, 3.8) is 0 Å². The van der Waals surface area contributed by atoms with E-state index in [2.05, 4.69) is 21.2 Å². The van der Waals surface area contributed by atoms with Gasteiger partial charge in [0, 0.05) is 16.6 Å². The number of benzene rings is 3. The monoisotopic (exact) mass is 613 g/mol. The number of hydrogen-bond acceptors (Lipinski definition) is 4. The van der Waals surface area contributed by atoms with Gasteiger partial charge in [-0.3, -0.25) is 13.9 Å². The molecule has 2 amide bonds. The van der Waals surface area contributed by atoms with Crippen molar-refractivity contribution in [3.05, 3.63) is 94.0 Å². The van der Waals surface area contributed by atoms with E-state index >= 15 is 0 Å². The van der Waals surface area contributed by atoms with Crippen LogP contribution in [-0.2, 0) is 26.2 Å². The minimum absolute atomic E-state index is 0.0837. The summed E-state index contributed by atoms with van der Waals surface area (Å²) in [6.45, 7) is 10.7. The lowest BCUT2D eigenvalue weighted by Gasteiger charge is -2.33. The van der Waals surface area contributed by atoms with Crippen molar-refractivity contribution in [1.82, 2.24) is 10.2 Å².